The lowest BCUT2D eigenvalue weighted by Crippen LogP contribution is -3.00. The van der Waals surface area contributed by atoms with E-state index in [1.807, 2.05) is 37.3 Å². The monoisotopic (exact) mass is 217 g/mol. The first-order chi connectivity index (χ1) is 6.14. The number of rotatable bonds is 4. The zero-order valence-corrected chi connectivity index (χ0v) is 8.98. The van der Waals surface area contributed by atoms with Gasteiger partial charge in [-0.15, -0.1) is 0 Å². The highest BCUT2D eigenvalue weighted by atomic mass is 35.5. The van der Waals surface area contributed by atoms with Crippen LogP contribution in [0.25, 0.3) is 0 Å². The summed E-state index contributed by atoms with van der Waals surface area (Å²) in [6, 6.07) is 9.46. The molecule has 0 heterocycles. The molecule has 0 aromatic heterocycles. The van der Waals surface area contributed by atoms with Gasteiger partial charge in [0.1, 0.15) is 6.54 Å². The van der Waals surface area contributed by atoms with Gasteiger partial charge >= 0.3 is 0 Å². The zero-order chi connectivity index (χ0) is 9.73. The standard InChI is InChI=1S/C10H16NO2.ClH/c1-2-8-11(12,13)9-10-6-4-3-5-7-10;/h3-7,12-13H,2,8-9H2,1H3;1H/q+1;/p-1. The quantitative estimate of drug-likeness (QED) is 0.512. The van der Waals surface area contributed by atoms with Crippen LogP contribution in [0.5, 0.6) is 0 Å². The summed E-state index contributed by atoms with van der Waals surface area (Å²) in [5.41, 5.74) is 0.931. The molecule has 0 atom stereocenters. The van der Waals surface area contributed by atoms with Crippen LogP contribution in [0.2, 0.25) is 0 Å². The lowest BCUT2D eigenvalue weighted by Gasteiger charge is -2.20. The third-order valence-corrected chi connectivity index (χ3v) is 1.86. The van der Waals surface area contributed by atoms with Gasteiger partial charge in [-0.25, -0.2) is 0 Å². The summed E-state index contributed by atoms with van der Waals surface area (Å²) in [4.78, 5) is -0.916. The van der Waals surface area contributed by atoms with Crippen molar-refractivity contribution in [3.8, 4) is 0 Å². The number of hydrogen-bond donors (Lipinski definition) is 2. The molecule has 0 fully saturated rings. The fraction of sp³-hybridized carbons (Fsp3) is 0.400. The summed E-state index contributed by atoms with van der Waals surface area (Å²) in [5, 5.41) is 18.9. The minimum Gasteiger partial charge on any atom is -1.00 e. The summed E-state index contributed by atoms with van der Waals surface area (Å²) in [6.07, 6.45) is 0.750. The van der Waals surface area contributed by atoms with Gasteiger partial charge in [0.15, 0.2) is 6.54 Å². The van der Waals surface area contributed by atoms with E-state index in [9.17, 15) is 10.4 Å². The number of hydroxylamine groups is 4. The molecule has 4 heteroatoms. The summed E-state index contributed by atoms with van der Waals surface area (Å²) in [5.74, 6) is 0. The summed E-state index contributed by atoms with van der Waals surface area (Å²) < 4.78 is 0. The van der Waals surface area contributed by atoms with E-state index in [1.165, 1.54) is 0 Å². The van der Waals surface area contributed by atoms with E-state index in [0.717, 1.165) is 12.0 Å². The van der Waals surface area contributed by atoms with E-state index >= 15 is 0 Å². The molecule has 0 unspecified atom stereocenters. The van der Waals surface area contributed by atoms with Crippen molar-refractivity contribution in [2.45, 2.75) is 19.9 Å². The van der Waals surface area contributed by atoms with Crippen LogP contribution in [0.1, 0.15) is 18.9 Å². The molecule has 1 aromatic carbocycles. The average Bonchev–Trinajstić information content (AvgIpc) is 2.04. The molecule has 0 saturated carbocycles. The molecule has 0 radical (unpaired) electrons. The van der Waals surface area contributed by atoms with Gasteiger partial charge in [-0.3, -0.25) is 0 Å². The molecule has 1 rings (SSSR count). The maximum absolute atomic E-state index is 9.46. The van der Waals surface area contributed by atoms with Crippen molar-refractivity contribution in [3.05, 3.63) is 35.9 Å². The van der Waals surface area contributed by atoms with Crippen molar-refractivity contribution in [1.29, 1.82) is 0 Å². The lowest BCUT2D eigenvalue weighted by atomic mass is 10.2. The Morgan fingerprint density at radius 2 is 1.71 bits per heavy atom. The Balaban J connectivity index is 0.00000169. The lowest BCUT2D eigenvalue weighted by molar-refractivity contribution is -1.25. The van der Waals surface area contributed by atoms with Gasteiger partial charge in [0, 0.05) is 5.56 Å². The van der Waals surface area contributed by atoms with Gasteiger partial charge in [0.25, 0.3) is 0 Å². The van der Waals surface area contributed by atoms with Gasteiger partial charge in [-0.1, -0.05) is 37.3 Å². The normalized spacial score (nSPS) is 10.8. The molecule has 0 aliphatic rings. The molecule has 0 spiro atoms. The Labute approximate surface area is 90.5 Å². The second kappa shape index (κ2) is 5.98. The van der Waals surface area contributed by atoms with Gasteiger partial charge in [0.2, 0.25) is 0 Å². The van der Waals surface area contributed by atoms with Gasteiger partial charge in [-0.2, -0.15) is 10.4 Å². The van der Waals surface area contributed by atoms with Crippen molar-refractivity contribution >= 4 is 0 Å². The highest BCUT2D eigenvalue weighted by Crippen LogP contribution is 2.08. The molecule has 14 heavy (non-hydrogen) atoms. The highest BCUT2D eigenvalue weighted by molar-refractivity contribution is 5.13. The Morgan fingerprint density at radius 1 is 1.14 bits per heavy atom. The average molecular weight is 218 g/mol. The Morgan fingerprint density at radius 3 is 2.21 bits per heavy atom. The van der Waals surface area contributed by atoms with Crippen LogP contribution in [0.15, 0.2) is 30.3 Å². The van der Waals surface area contributed by atoms with Gasteiger partial charge < -0.3 is 12.4 Å². The minimum atomic E-state index is -0.916. The van der Waals surface area contributed by atoms with Crippen LogP contribution in [0.3, 0.4) is 0 Å². The molecule has 2 N–H and O–H groups in total. The van der Waals surface area contributed by atoms with Crippen LogP contribution >= 0.6 is 0 Å². The topological polar surface area (TPSA) is 40.5 Å². The molecule has 0 bridgehead atoms. The number of halogens is 1. The van der Waals surface area contributed by atoms with E-state index in [-0.39, 0.29) is 19.0 Å². The molecule has 0 aliphatic carbocycles. The minimum absolute atomic E-state index is 0. The van der Waals surface area contributed by atoms with Crippen LogP contribution in [-0.2, 0) is 6.54 Å². The van der Waals surface area contributed by atoms with E-state index < -0.39 is 4.81 Å². The van der Waals surface area contributed by atoms with Crippen LogP contribution in [0, 0.1) is 0 Å². The molecule has 3 nitrogen and oxygen atoms in total. The number of nitrogens with zero attached hydrogens (tertiary/aromatic N) is 1. The first kappa shape index (κ1) is 13.4. The largest absolute Gasteiger partial charge is 1.00 e. The second-order valence-corrected chi connectivity index (χ2v) is 3.25. The van der Waals surface area contributed by atoms with Crippen molar-refractivity contribution in [1.82, 2.24) is 0 Å². The molecular formula is C10H16ClNO2. The SMILES string of the molecule is CCC[N+](O)(O)Cc1ccccc1.[Cl-]. The molecule has 0 amide bonds. The Bertz CT molecular complexity index is 252. The third kappa shape index (κ3) is 4.58. The zero-order valence-electron chi connectivity index (χ0n) is 8.23. The first-order valence-corrected chi connectivity index (χ1v) is 4.50. The summed E-state index contributed by atoms with van der Waals surface area (Å²) >= 11 is 0. The first-order valence-electron chi connectivity index (χ1n) is 4.50. The van der Waals surface area contributed by atoms with E-state index in [0.29, 0.717) is 6.54 Å². The molecule has 80 valence electrons. The smallest absolute Gasteiger partial charge is 0.167 e. The van der Waals surface area contributed by atoms with E-state index in [1.54, 1.807) is 0 Å². The number of hydrogen-bond acceptors (Lipinski definition) is 2. The third-order valence-electron chi connectivity index (χ3n) is 1.86. The summed E-state index contributed by atoms with van der Waals surface area (Å²) in [6.45, 7) is 2.52. The fourth-order valence-electron chi connectivity index (χ4n) is 1.31. The number of quaternary nitrogens is 1. The van der Waals surface area contributed by atoms with E-state index in [4.69, 9.17) is 0 Å². The van der Waals surface area contributed by atoms with Gasteiger partial charge in [-0.05, 0) is 11.2 Å². The molecule has 0 aliphatic heterocycles. The maximum Gasteiger partial charge on any atom is 0.167 e. The van der Waals surface area contributed by atoms with Crippen molar-refractivity contribution in [3.63, 3.8) is 0 Å². The van der Waals surface area contributed by atoms with Crippen LogP contribution in [-0.4, -0.2) is 21.8 Å². The van der Waals surface area contributed by atoms with Crippen LogP contribution in [0.4, 0.5) is 0 Å². The highest BCUT2D eigenvalue weighted by Gasteiger charge is 2.21. The molecule has 0 saturated heterocycles. The summed E-state index contributed by atoms with van der Waals surface area (Å²) in [7, 11) is 0. The Hall–Kier alpha value is -0.610. The maximum atomic E-state index is 9.46. The van der Waals surface area contributed by atoms with Crippen molar-refractivity contribution < 1.29 is 27.6 Å². The predicted octanol–water partition coefficient (Wildman–Crippen LogP) is -0.804. The van der Waals surface area contributed by atoms with Gasteiger partial charge in [0.05, 0.1) is 0 Å². The Kier molecular flexibility index (Phi) is 5.72. The fourth-order valence-corrected chi connectivity index (χ4v) is 1.31. The van der Waals surface area contributed by atoms with Crippen molar-refractivity contribution in [2.75, 3.05) is 6.54 Å². The predicted molar refractivity (Wildman–Crippen MR) is 49.1 cm³/mol. The molecule has 1 aromatic rings. The van der Waals surface area contributed by atoms with Crippen LogP contribution < -0.4 is 12.4 Å². The second-order valence-electron chi connectivity index (χ2n) is 3.25. The number of benzene rings is 1. The molecular weight excluding hydrogens is 202 g/mol. The van der Waals surface area contributed by atoms with E-state index in [2.05, 4.69) is 0 Å². The van der Waals surface area contributed by atoms with Crippen molar-refractivity contribution in [2.24, 2.45) is 0 Å².